The Bertz CT molecular complexity index is 220. The van der Waals surface area contributed by atoms with Crippen LogP contribution >= 0.6 is 0 Å². The summed E-state index contributed by atoms with van der Waals surface area (Å²) in [6.45, 7) is 0. The van der Waals surface area contributed by atoms with Crippen molar-refractivity contribution in [3.05, 3.63) is 12.0 Å². The lowest BCUT2D eigenvalue weighted by molar-refractivity contribution is -0.172. The lowest BCUT2D eigenvalue weighted by Crippen LogP contribution is -2.36. The molecule has 2 N–H and O–H groups in total. The zero-order valence-electron chi connectivity index (χ0n) is 5.55. The molecule has 0 aliphatic heterocycles. The fraction of sp³-hybridized carbons (Fsp3) is 0.200. The van der Waals surface area contributed by atoms with Crippen molar-refractivity contribution in [3.8, 4) is 0 Å². The first kappa shape index (κ1) is 10.5. The highest BCUT2D eigenvalue weighted by Crippen LogP contribution is 2.14. The van der Waals surface area contributed by atoms with Gasteiger partial charge in [0.05, 0.1) is 0 Å². The third-order valence-corrected chi connectivity index (χ3v) is 0.781. The van der Waals surface area contributed by atoms with Crippen molar-refractivity contribution in [2.24, 2.45) is 0 Å². The quantitative estimate of drug-likeness (QED) is 0.366. The molecular formula is C5H4F3NO3. The van der Waals surface area contributed by atoms with E-state index in [1.165, 1.54) is 0 Å². The van der Waals surface area contributed by atoms with Crippen LogP contribution in [0.1, 0.15) is 0 Å². The molecule has 0 radical (unpaired) electrons. The second-order valence-electron chi connectivity index (χ2n) is 1.65. The second-order valence-corrected chi connectivity index (χ2v) is 1.65. The van der Waals surface area contributed by atoms with Crippen LogP contribution in [0.25, 0.3) is 0 Å². The summed E-state index contributed by atoms with van der Waals surface area (Å²) in [4.78, 5) is 19.8. The molecule has 1 amide bonds. The van der Waals surface area contributed by atoms with E-state index in [0.717, 1.165) is 5.32 Å². The highest BCUT2D eigenvalue weighted by Gasteiger charge is 2.38. The Morgan fingerprint density at radius 3 is 2.17 bits per heavy atom. The van der Waals surface area contributed by atoms with Crippen LogP contribution in [0.2, 0.25) is 0 Å². The number of aldehydes is 1. The highest BCUT2D eigenvalue weighted by atomic mass is 19.4. The van der Waals surface area contributed by atoms with E-state index in [1.807, 2.05) is 0 Å². The molecule has 0 aromatic heterocycles. The predicted molar refractivity (Wildman–Crippen MR) is 31.0 cm³/mol. The van der Waals surface area contributed by atoms with Gasteiger partial charge in [0, 0.05) is 0 Å². The lowest BCUT2D eigenvalue weighted by Gasteiger charge is -2.05. The molecule has 0 unspecified atom stereocenters. The van der Waals surface area contributed by atoms with E-state index in [-0.39, 0.29) is 12.5 Å². The van der Waals surface area contributed by atoms with Gasteiger partial charge < -0.3 is 10.4 Å². The Morgan fingerprint density at radius 1 is 1.42 bits per heavy atom. The van der Waals surface area contributed by atoms with E-state index in [4.69, 9.17) is 5.11 Å². The minimum absolute atomic E-state index is 0.0661. The van der Waals surface area contributed by atoms with Crippen LogP contribution in [0.3, 0.4) is 0 Å². The van der Waals surface area contributed by atoms with Gasteiger partial charge in [-0.15, -0.1) is 0 Å². The van der Waals surface area contributed by atoms with Crippen molar-refractivity contribution < 1.29 is 27.9 Å². The van der Waals surface area contributed by atoms with Gasteiger partial charge in [-0.2, -0.15) is 13.2 Å². The van der Waals surface area contributed by atoms with Crippen molar-refractivity contribution in [2.75, 3.05) is 0 Å². The topological polar surface area (TPSA) is 66.4 Å². The molecule has 0 aliphatic rings. The van der Waals surface area contributed by atoms with Crippen molar-refractivity contribution in [2.45, 2.75) is 6.18 Å². The third kappa shape index (κ3) is 3.04. The Hall–Kier alpha value is -1.53. The largest absolute Gasteiger partial charge is 0.513 e. The lowest BCUT2D eigenvalue weighted by atomic mass is 10.5. The molecule has 0 rings (SSSR count). The molecule has 12 heavy (non-hydrogen) atoms. The van der Waals surface area contributed by atoms with Gasteiger partial charge in [0.25, 0.3) is 0 Å². The standard InChI is InChI=1S/C5H4F3NO3/c6-5(7,8)4(12)9-3(1-10)2-11/h1-2,10H,(H,9,12)/b3-1+. The zero-order chi connectivity index (χ0) is 9.78. The average molecular weight is 183 g/mol. The van der Waals surface area contributed by atoms with Crippen molar-refractivity contribution in [1.29, 1.82) is 0 Å². The molecule has 0 atom stereocenters. The summed E-state index contributed by atoms with van der Waals surface area (Å²) in [6.07, 6.45) is -5.13. The first-order valence-corrected chi connectivity index (χ1v) is 2.59. The molecule has 0 saturated heterocycles. The van der Waals surface area contributed by atoms with Gasteiger partial charge in [0.2, 0.25) is 0 Å². The van der Waals surface area contributed by atoms with E-state index in [0.29, 0.717) is 0 Å². The zero-order valence-corrected chi connectivity index (χ0v) is 5.55. The highest BCUT2D eigenvalue weighted by molar-refractivity contribution is 5.88. The molecule has 0 aliphatic carbocycles. The smallest absolute Gasteiger partial charge is 0.471 e. The Morgan fingerprint density at radius 2 is 1.92 bits per heavy atom. The van der Waals surface area contributed by atoms with E-state index in [9.17, 15) is 22.8 Å². The number of carbonyl (C=O) groups is 2. The Balaban J connectivity index is 4.29. The van der Waals surface area contributed by atoms with Gasteiger partial charge in [0.15, 0.2) is 6.29 Å². The number of amides is 1. The van der Waals surface area contributed by atoms with Gasteiger partial charge >= 0.3 is 12.1 Å². The second kappa shape index (κ2) is 3.74. The summed E-state index contributed by atoms with van der Waals surface area (Å²) in [5.74, 6) is -2.31. The van der Waals surface area contributed by atoms with E-state index in [2.05, 4.69) is 0 Å². The number of rotatable bonds is 2. The van der Waals surface area contributed by atoms with Crippen molar-refractivity contribution in [3.63, 3.8) is 0 Å². The molecule has 0 spiro atoms. The predicted octanol–water partition coefficient (Wildman–Crippen LogP) is 0.263. The summed E-state index contributed by atoms with van der Waals surface area (Å²) in [7, 11) is 0. The monoisotopic (exact) mass is 183 g/mol. The minimum atomic E-state index is -5.07. The number of allylic oxidation sites excluding steroid dienone is 1. The molecule has 0 aromatic rings. The maximum Gasteiger partial charge on any atom is 0.471 e. The van der Waals surface area contributed by atoms with E-state index >= 15 is 0 Å². The number of carbonyl (C=O) groups excluding carboxylic acids is 2. The van der Waals surface area contributed by atoms with Crippen LogP contribution in [0, 0.1) is 0 Å². The SMILES string of the molecule is O=C/C(=C\O)NC(=O)C(F)(F)F. The molecule has 68 valence electrons. The van der Waals surface area contributed by atoms with Crippen LogP contribution in [0.15, 0.2) is 12.0 Å². The normalized spacial score (nSPS) is 12.4. The number of hydrogen-bond donors (Lipinski definition) is 2. The molecule has 4 nitrogen and oxygen atoms in total. The summed E-state index contributed by atoms with van der Waals surface area (Å²) in [5.41, 5.74) is -0.850. The molecule has 7 heteroatoms. The summed E-state index contributed by atoms with van der Waals surface area (Å²) in [5, 5.41) is 9.20. The van der Waals surface area contributed by atoms with Crippen molar-refractivity contribution >= 4 is 12.2 Å². The molecule has 0 heterocycles. The van der Waals surface area contributed by atoms with E-state index in [1.54, 1.807) is 0 Å². The minimum Gasteiger partial charge on any atom is -0.513 e. The van der Waals surface area contributed by atoms with Crippen LogP contribution < -0.4 is 5.32 Å². The van der Waals surface area contributed by atoms with Crippen LogP contribution in [-0.4, -0.2) is 23.5 Å². The van der Waals surface area contributed by atoms with Gasteiger partial charge in [-0.3, -0.25) is 9.59 Å². The first-order valence-electron chi connectivity index (χ1n) is 2.59. The molecule has 0 bridgehead atoms. The summed E-state index contributed by atoms with van der Waals surface area (Å²) < 4.78 is 34.3. The van der Waals surface area contributed by atoms with Crippen molar-refractivity contribution in [1.82, 2.24) is 5.32 Å². The van der Waals surface area contributed by atoms with Gasteiger partial charge in [-0.1, -0.05) is 0 Å². The first-order chi connectivity index (χ1) is 5.41. The van der Waals surface area contributed by atoms with Crippen LogP contribution in [-0.2, 0) is 9.59 Å². The fourth-order valence-corrected chi connectivity index (χ4v) is 0.294. The van der Waals surface area contributed by atoms with Gasteiger partial charge in [0.1, 0.15) is 12.0 Å². The number of hydrogen-bond acceptors (Lipinski definition) is 3. The maximum absolute atomic E-state index is 11.4. The van der Waals surface area contributed by atoms with Gasteiger partial charge in [-0.05, 0) is 0 Å². The number of halogens is 3. The molecule has 0 saturated carbocycles. The number of alkyl halides is 3. The molecular weight excluding hydrogens is 179 g/mol. The molecule has 0 aromatic carbocycles. The number of aliphatic hydroxyl groups excluding tert-OH is 1. The number of nitrogens with one attached hydrogen (secondary N) is 1. The maximum atomic E-state index is 11.4. The van der Waals surface area contributed by atoms with Crippen LogP contribution in [0.5, 0.6) is 0 Å². The van der Waals surface area contributed by atoms with E-state index < -0.39 is 17.8 Å². The average Bonchev–Trinajstić information content (AvgIpc) is 1.97. The third-order valence-electron chi connectivity index (χ3n) is 0.781. The van der Waals surface area contributed by atoms with Gasteiger partial charge in [-0.25, -0.2) is 0 Å². The Labute approximate surface area is 64.7 Å². The Kier molecular flexibility index (Phi) is 3.27. The summed E-state index contributed by atoms with van der Waals surface area (Å²) in [6, 6.07) is 0. The van der Waals surface area contributed by atoms with Crippen LogP contribution in [0.4, 0.5) is 13.2 Å². The summed E-state index contributed by atoms with van der Waals surface area (Å²) >= 11 is 0. The molecule has 0 fully saturated rings. The number of aliphatic hydroxyl groups is 1. The fourth-order valence-electron chi connectivity index (χ4n) is 0.294.